The first kappa shape index (κ1) is 12.4. The predicted octanol–water partition coefficient (Wildman–Crippen LogP) is 3.33. The van der Waals surface area contributed by atoms with E-state index < -0.39 is 0 Å². The van der Waals surface area contributed by atoms with Crippen molar-refractivity contribution in [2.45, 2.75) is 51.7 Å². The van der Waals surface area contributed by atoms with Gasteiger partial charge in [-0.1, -0.05) is 12.1 Å². The molecule has 0 spiro atoms. The molecule has 1 aliphatic rings. The van der Waals surface area contributed by atoms with Crippen molar-refractivity contribution in [2.75, 3.05) is 6.54 Å². The van der Waals surface area contributed by atoms with E-state index in [1.54, 1.807) is 0 Å². The Balaban J connectivity index is 2.12. The van der Waals surface area contributed by atoms with E-state index in [4.69, 9.17) is 4.74 Å². The summed E-state index contributed by atoms with van der Waals surface area (Å²) in [7, 11) is 0. The lowest BCUT2D eigenvalue weighted by Crippen LogP contribution is -2.36. The minimum absolute atomic E-state index is 0.209. The first-order valence-corrected chi connectivity index (χ1v) is 6.51. The molecule has 1 heterocycles. The molecule has 1 N–H and O–H groups in total. The molecule has 1 fully saturated rings. The lowest BCUT2D eigenvalue weighted by molar-refractivity contribution is 0.242. The fraction of sp³-hybridized carbons (Fsp3) is 0.600. The molecule has 1 aromatic rings. The first-order chi connectivity index (χ1) is 7.99. The maximum absolute atomic E-state index is 5.67. The average Bonchev–Trinajstić information content (AvgIpc) is 2.58. The van der Waals surface area contributed by atoms with E-state index in [-0.39, 0.29) is 11.6 Å². The van der Waals surface area contributed by atoms with Crippen molar-refractivity contribution in [2.24, 2.45) is 0 Å². The molecule has 1 unspecified atom stereocenters. The van der Waals surface area contributed by atoms with Crippen LogP contribution in [0.2, 0.25) is 0 Å². The fourth-order valence-corrected chi connectivity index (χ4v) is 2.66. The summed E-state index contributed by atoms with van der Waals surface area (Å²) in [5, 5.41) is 3.56. The molecule has 2 nitrogen and oxygen atoms in total. The van der Waals surface area contributed by atoms with Gasteiger partial charge in [0.1, 0.15) is 5.75 Å². The number of ether oxygens (including phenoxy) is 1. The number of hydrogen-bond donors (Lipinski definition) is 1. The molecule has 0 bridgehead atoms. The minimum Gasteiger partial charge on any atom is -0.491 e. The van der Waals surface area contributed by atoms with Gasteiger partial charge in [-0.3, -0.25) is 0 Å². The summed E-state index contributed by atoms with van der Waals surface area (Å²) < 4.78 is 5.67. The lowest BCUT2D eigenvalue weighted by Gasteiger charge is -2.27. The van der Waals surface area contributed by atoms with E-state index in [1.165, 1.54) is 12.0 Å². The second kappa shape index (κ2) is 4.69. The summed E-state index contributed by atoms with van der Waals surface area (Å²) in [5.41, 5.74) is 1.62. The second-order valence-electron chi connectivity index (χ2n) is 5.73. The van der Waals surface area contributed by atoms with Crippen LogP contribution in [0, 0.1) is 0 Å². The molecule has 0 amide bonds. The highest BCUT2D eigenvalue weighted by atomic mass is 16.5. The van der Waals surface area contributed by atoms with Crippen LogP contribution in [0.1, 0.15) is 45.6 Å². The van der Waals surface area contributed by atoms with Crippen LogP contribution in [0.15, 0.2) is 24.3 Å². The second-order valence-corrected chi connectivity index (χ2v) is 5.73. The number of hydrogen-bond acceptors (Lipinski definition) is 2. The van der Waals surface area contributed by atoms with Crippen LogP contribution >= 0.6 is 0 Å². The highest BCUT2D eigenvalue weighted by Crippen LogP contribution is 2.35. The van der Waals surface area contributed by atoms with Gasteiger partial charge in [0.05, 0.1) is 6.10 Å². The van der Waals surface area contributed by atoms with Crippen LogP contribution in [0.4, 0.5) is 0 Å². The Morgan fingerprint density at radius 3 is 2.35 bits per heavy atom. The van der Waals surface area contributed by atoms with Crippen molar-refractivity contribution >= 4 is 0 Å². The Morgan fingerprint density at radius 1 is 1.24 bits per heavy atom. The third kappa shape index (κ3) is 2.81. The molecule has 2 heteroatoms. The van der Waals surface area contributed by atoms with Crippen molar-refractivity contribution in [1.82, 2.24) is 5.32 Å². The predicted molar refractivity (Wildman–Crippen MR) is 71.6 cm³/mol. The van der Waals surface area contributed by atoms with Crippen molar-refractivity contribution in [3.63, 3.8) is 0 Å². The van der Waals surface area contributed by atoms with Gasteiger partial charge < -0.3 is 10.1 Å². The van der Waals surface area contributed by atoms with Crippen molar-refractivity contribution in [3.8, 4) is 5.75 Å². The Hall–Kier alpha value is -1.02. The summed E-state index contributed by atoms with van der Waals surface area (Å²) in [4.78, 5) is 0. The zero-order valence-corrected chi connectivity index (χ0v) is 11.3. The van der Waals surface area contributed by atoms with Gasteiger partial charge in [-0.15, -0.1) is 0 Å². The number of rotatable bonds is 3. The Labute approximate surface area is 104 Å². The maximum atomic E-state index is 5.67. The summed E-state index contributed by atoms with van der Waals surface area (Å²) >= 11 is 0. The van der Waals surface area contributed by atoms with Gasteiger partial charge in [0.25, 0.3) is 0 Å². The molecule has 1 aromatic carbocycles. The molecule has 1 saturated heterocycles. The highest BCUT2D eigenvalue weighted by Gasteiger charge is 2.34. The van der Waals surface area contributed by atoms with Crippen molar-refractivity contribution < 1.29 is 4.74 Å². The molecule has 17 heavy (non-hydrogen) atoms. The number of benzene rings is 1. The zero-order chi connectivity index (χ0) is 12.5. The van der Waals surface area contributed by atoms with Gasteiger partial charge in [0, 0.05) is 11.5 Å². The maximum Gasteiger partial charge on any atom is 0.119 e. The molecule has 1 aliphatic heterocycles. The van der Waals surface area contributed by atoms with E-state index in [1.807, 2.05) is 0 Å². The summed E-state index contributed by atoms with van der Waals surface area (Å²) in [6, 6.07) is 8.59. The minimum atomic E-state index is 0.209. The standard InChI is InChI=1S/C15H23NO/c1-11(2)17-13-7-5-12(6-8-13)14-9-10-16-15(14,3)4/h5-8,11,14,16H,9-10H2,1-4H3. The van der Waals surface area contributed by atoms with E-state index in [2.05, 4.69) is 57.3 Å². The van der Waals surface area contributed by atoms with Crippen LogP contribution in [-0.4, -0.2) is 18.2 Å². The normalized spacial score (nSPS) is 23.0. The first-order valence-electron chi connectivity index (χ1n) is 6.51. The quantitative estimate of drug-likeness (QED) is 0.864. The van der Waals surface area contributed by atoms with Gasteiger partial charge in [0.15, 0.2) is 0 Å². The van der Waals surface area contributed by atoms with Gasteiger partial charge in [-0.2, -0.15) is 0 Å². The van der Waals surface area contributed by atoms with E-state index in [9.17, 15) is 0 Å². The van der Waals surface area contributed by atoms with Gasteiger partial charge >= 0.3 is 0 Å². The van der Waals surface area contributed by atoms with E-state index in [0.717, 1.165) is 12.3 Å². The van der Waals surface area contributed by atoms with E-state index in [0.29, 0.717) is 5.92 Å². The van der Waals surface area contributed by atoms with Crippen LogP contribution in [0.5, 0.6) is 5.75 Å². The molecular weight excluding hydrogens is 210 g/mol. The van der Waals surface area contributed by atoms with Crippen LogP contribution in [0.3, 0.4) is 0 Å². The van der Waals surface area contributed by atoms with Crippen molar-refractivity contribution in [3.05, 3.63) is 29.8 Å². The Bertz CT molecular complexity index is 367. The Kier molecular flexibility index (Phi) is 3.43. The van der Waals surface area contributed by atoms with Crippen LogP contribution < -0.4 is 10.1 Å². The topological polar surface area (TPSA) is 21.3 Å². The van der Waals surface area contributed by atoms with Gasteiger partial charge in [0.2, 0.25) is 0 Å². The third-order valence-electron chi connectivity index (χ3n) is 3.54. The average molecular weight is 233 g/mol. The smallest absolute Gasteiger partial charge is 0.119 e. The molecular formula is C15H23NO. The molecule has 94 valence electrons. The molecule has 0 aliphatic carbocycles. The summed E-state index contributed by atoms with van der Waals surface area (Å²) in [6.07, 6.45) is 1.46. The van der Waals surface area contributed by atoms with Crippen molar-refractivity contribution in [1.29, 1.82) is 0 Å². The zero-order valence-electron chi connectivity index (χ0n) is 11.3. The largest absolute Gasteiger partial charge is 0.491 e. The summed E-state index contributed by atoms with van der Waals surface area (Å²) in [6.45, 7) is 9.78. The fourth-order valence-electron chi connectivity index (χ4n) is 2.66. The molecule has 0 aromatic heterocycles. The highest BCUT2D eigenvalue weighted by molar-refractivity contribution is 5.32. The SMILES string of the molecule is CC(C)Oc1ccc(C2CCNC2(C)C)cc1. The number of nitrogens with one attached hydrogen (secondary N) is 1. The van der Waals surface area contributed by atoms with Crippen LogP contribution in [-0.2, 0) is 0 Å². The Morgan fingerprint density at radius 2 is 1.88 bits per heavy atom. The third-order valence-corrected chi connectivity index (χ3v) is 3.54. The molecule has 2 rings (SSSR count). The lowest BCUT2D eigenvalue weighted by atomic mass is 9.83. The summed E-state index contributed by atoms with van der Waals surface area (Å²) in [5.74, 6) is 1.57. The van der Waals surface area contributed by atoms with Gasteiger partial charge in [-0.25, -0.2) is 0 Å². The van der Waals surface area contributed by atoms with E-state index >= 15 is 0 Å². The molecule has 0 radical (unpaired) electrons. The molecule has 1 atom stereocenters. The molecule has 0 saturated carbocycles. The van der Waals surface area contributed by atoms with Crippen LogP contribution in [0.25, 0.3) is 0 Å². The monoisotopic (exact) mass is 233 g/mol. The van der Waals surface area contributed by atoms with Gasteiger partial charge in [-0.05, 0) is 58.4 Å².